The van der Waals surface area contributed by atoms with E-state index >= 15 is 0 Å². The third-order valence-electron chi connectivity index (χ3n) is 2.86. The molecule has 23 heavy (non-hydrogen) atoms. The number of likely N-dealkylation sites (N-methyl/N-ethyl adjacent to an activating group) is 1. The molecule has 1 aromatic rings. The number of nitrogens with two attached hydrogens (primary N) is 1. The number of carbonyl (C=O) groups is 1. The third kappa shape index (κ3) is 5.75. The lowest BCUT2D eigenvalue weighted by Gasteiger charge is -2.18. The van der Waals surface area contributed by atoms with Crippen LogP contribution in [0.2, 0.25) is 0 Å². The van der Waals surface area contributed by atoms with Crippen molar-refractivity contribution in [1.29, 1.82) is 0 Å². The number of sulfonamides is 1. The van der Waals surface area contributed by atoms with Gasteiger partial charge in [-0.25, -0.2) is 8.42 Å². The SMILES string of the molecule is C[C@@H](CN)NC(=O)CN(C)S(=O)(=O)c1cccc([N+](=O)[O-])c1.Cl. The Labute approximate surface area is 140 Å². The van der Waals surface area contributed by atoms with E-state index in [1.807, 2.05) is 0 Å². The van der Waals surface area contributed by atoms with E-state index in [9.17, 15) is 23.3 Å². The van der Waals surface area contributed by atoms with E-state index in [4.69, 9.17) is 5.73 Å². The number of nitro groups is 1. The summed E-state index contributed by atoms with van der Waals surface area (Å²) in [7, 11) is -2.77. The van der Waals surface area contributed by atoms with Gasteiger partial charge in [0.15, 0.2) is 0 Å². The molecule has 0 aliphatic rings. The van der Waals surface area contributed by atoms with E-state index in [-0.39, 0.29) is 35.6 Å². The number of nitro benzene ring substituents is 1. The molecule has 0 bridgehead atoms. The zero-order valence-corrected chi connectivity index (χ0v) is 14.3. The third-order valence-corrected chi connectivity index (χ3v) is 4.66. The highest BCUT2D eigenvalue weighted by Crippen LogP contribution is 2.19. The second kappa shape index (κ2) is 8.77. The van der Waals surface area contributed by atoms with Crippen molar-refractivity contribution in [2.45, 2.75) is 17.9 Å². The summed E-state index contributed by atoms with van der Waals surface area (Å²) in [4.78, 5) is 21.5. The minimum atomic E-state index is -4.00. The number of hydrogen-bond acceptors (Lipinski definition) is 6. The molecule has 9 nitrogen and oxygen atoms in total. The summed E-state index contributed by atoms with van der Waals surface area (Å²) in [6.07, 6.45) is 0. The fraction of sp³-hybridized carbons (Fsp3) is 0.417. The van der Waals surface area contributed by atoms with E-state index in [0.717, 1.165) is 10.4 Å². The molecule has 0 radical (unpaired) electrons. The molecule has 0 aromatic heterocycles. The van der Waals surface area contributed by atoms with Gasteiger partial charge in [0, 0.05) is 31.8 Å². The summed E-state index contributed by atoms with van der Waals surface area (Å²) >= 11 is 0. The van der Waals surface area contributed by atoms with Crippen LogP contribution < -0.4 is 11.1 Å². The molecule has 0 unspecified atom stereocenters. The van der Waals surface area contributed by atoms with Crippen LogP contribution in [0.1, 0.15) is 6.92 Å². The monoisotopic (exact) mass is 366 g/mol. The van der Waals surface area contributed by atoms with Gasteiger partial charge in [-0.3, -0.25) is 14.9 Å². The van der Waals surface area contributed by atoms with Gasteiger partial charge in [-0.15, -0.1) is 12.4 Å². The number of nitrogens with zero attached hydrogens (tertiary/aromatic N) is 2. The van der Waals surface area contributed by atoms with E-state index < -0.39 is 27.4 Å². The molecule has 0 heterocycles. The first-order valence-electron chi connectivity index (χ1n) is 6.38. The Balaban J connectivity index is 0.00000484. The molecule has 0 aliphatic heterocycles. The molecule has 11 heteroatoms. The Hall–Kier alpha value is -1.75. The summed E-state index contributed by atoms with van der Waals surface area (Å²) in [5.74, 6) is -0.505. The summed E-state index contributed by atoms with van der Waals surface area (Å²) < 4.78 is 25.4. The van der Waals surface area contributed by atoms with Crippen molar-refractivity contribution in [2.75, 3.05) is 20.1 Å². The molecule has 0 saturated heterocycles. The average molecular weight is 367 g/mol. The van der Waals surface area contributed by atoms with Crippen LogP contribution in [0, 0.1) is 10.1 Å². The Morgan fingerprint density at radius 1 is 1.48 bits per heavy atom. The van der Waals surface area contributed by atoms with Crippen LogP contribution in [0.4, 0.5) is 5.69 Å². The van der Waals surface area contributed by atoms with Crippen molar-refractivity contribution in [1.82, 2.24) is 9.62 Å². The van der Waals surface area contributed by atoms with Gasteiger partial charge in [0.2, 0.25) is 15.9 Å². The Kier molecular flexibility index (Phi) is 8.10. The van der Waals surface area contributed by atoms with Crippen molar-refractivity contribution in [3.8, 4) is 0 Å². The van der Waals surface area contributed by atoms with E-state index in [2.05, 4.69) is 5.32 Å². The molecule has 1 amide bonds. The number of nitrogens with one attached hydrogen (secondary N) is 1. The minimum Gasteiger partial charge on any atom is -0.351 e. The first kappa shape index (κ1) is 21.2. The minimum absolute atomic E-state index is 0. The van der Waals surface area contributed by atoms with Crippen LogP contribution in [0.5, 0.6) is 0 Å². The molecule has 0 fully saturated rings. The maximum absolute atomic E-state index is 12.3. The van der Waals surface area contributed by atoms with Crippen LogP contribution in [-0.4, -0.2) is 49.7 Å². The number of halogens is 1. The van der Waals surface area contributed by atoms with Crippen molar-refractivity contribution < 1.29 is 18.1 Å². The summed E-state index contributed by atoms with van der Waals surface area (Å²) in [5.41, 5.74) is 5.03. The maximum atomic E-state index is 12.3. The quantitative estimate of drug-likeness (QED) is 0.519. The molecule has 1 aromatic carbocycles. The second-order valence-corrected chi connectivity index (χ2v) is 6.76. The summed E-state index contributed by atoms with van der Waals surface area (Å²) in [5, 5.41) is 13.2. The Bertz CT molecular complexity index is 667. The van der Waals surface area contributed by atoms with Crippen LogP contribution in [0.3, 0.4) is 0 Å². The van der Waals surface area contributed by atoms with E-state index in [1.54, 1.807) is 6.92 Å². The van der Waals surface area contributed by atoms with E-state index in [0.29, 0.717) is 0 Å². The smallest absolute Gasteiger partial charge is 0.270 e. The van der Waals surface area contributed by atoms with Crippen LogP contribution in [0.15, 0.2) is 29.2 Å². The first-order valence-corrected chi connectivity index (χ1v) is 7.82. The zero-order chi connectivity index (χ0) is 16.9. The molecule has 130 valence electrons. The lowest BCUT2D eigenvalue weighted by Crippen LogP contribution is -2.44. The van der Waals surface area contributed by atoms with Crippen molar-refractivity contribution >= 4 is 34.0 Å². The van der Waals surface area contributed by atoms with Crippen LogP contribution in [0.25, 0.3) is 0 Å². The van der Waals surface area contributed by atoms with Gasteiger partial charge in [-0.1, -0.05) is 6.07 Å². The van der Waals surface area contributed by atoms with Crippen molar-refractivity contribution in [2.24, 2.45) is 5.73 Å². The molecular weight excluding hydrogens is 348 g/mol. The molecule has 0 spiro atoms. The lowest BCUT2D eigenvalue weighted by atomic mass is 10.3. The van der Waals surface area contributed by atoms with Gasteiger partial charge in [0.05, 0.1) is 16.4 Å². The fourth-order valence-corrected chi connectivity index (χ4v) is 2.77. The van der Waals surface area contributed by atoms with Crippen LogP contribution >= 0.6 is 12.4 Å². The number of hydrogen-bond donors (Lipinski definition) is 2. The van der Waals surface area contributed by atoms with Crippen LogP contribution in [-0.2, 0) is 14.8 Å². The molecule has 0 aliphatic carbocycles. The lowest BCUT2D eigenvalue weighted by molar-refractivity contribution is -0.385. The average Bonchev–Trinajstić information content (AvgIpc) is 2.46. The standard InChI is InChI=1S/C12H18N4O5S.ClH/c1-9(7-13)14-12(17)8-15(2)22(20,21)11-5-3-4-10(6-11)16(18)19;/h3-6,9H,7-8,13H2,1-2H3,(H,14,17);1H/t9-;/m0./s1. The van der Waals surface area contributed by atoms with Gasteiger partial charge in [0.25, 0.3) is 5.69 Å². The van der Waals surface area contributed by atoms with Crippen molar-refractivity contribution in [3.05, 3.63) is 34.4 Å². The fourth-order valence-electron chi connectivity index (χ4n) is 1.60. The Morgan fingerprint density at radius 3 is 2.61 bits per heavy atom. The molecule has 3 N–H and O–H groups in total. The maximum Gasteiger partial charge on any atom is 0.270 e. The van der Waals surface area contributed by atoms with Gasteiger partial charge in [0.1, 0.15) is 0 Å². The number of amides is 1. The van der Waals surface area contributed by atoms with Gasteiger partial charge < -0.3 is 11.1 Å². The number of non-ortho nitro benzene ring substituents is 1. The number of carbonyl (C=O) groups excluding carboxylic acids is 1. The topological polar surface area (TPSA) is 136 Å². The summed E-state index contributed by atoms with van der Waals surface area (Å²) in [6.45, 7) is 1.51. The first-order chi connectivity index (χ1) is 10.2. The predicted octanol–water partition coefficient (Wildman–Crippen LogP) is 0.101. The normalized spacial score (nSPS) is 12.3. The van der Waals surface area contributed by atoms with E-state index in [1.165, 1.54) is 25.2 Å². The largest absolute Gasteiger partial charge is 0.351 e. The number of benzene rings is 1. The summed E-state index contributed by atoms with van der Waals surface area (Å²) in [6, 6.07) is 4.37. The van der Waals surface area contributed by atoms with Crippen molar-refractivity contribution in [3.63, 3.8) is 0 Å². The molecule has 0 saturated carbocycles. The molecule has 1 rings (SSSR count). The van der Waals surface area contributed by atoms with Gasteiger partial charge in [-0.2, -0.15) is 4.31 Å². The van der Waals surface area contributed by atoms with Gasteiger partial charge >= 0.3 is 0 Å². The predicted molar refractivity (Wildman–Crippen MR) is 86.8 cm³/mol. The highest BCUT2D eigenvalue weighted by molar-refractivity contribution is 7.89. The molecule has 1 atom stereocenters. The zero-order valence-electron chi connectivity index (χ0n) is 12.6. The molecular formula is C12H19ClN4O5S. The second-order valence-electron chi connectivity index (χ2n) is 4.72. The number of rotatable bonds is 7. The van der Waals surface area contributed by atoms with Gasteiger partial charge in [-0.05, 0) is 13.0 Å². The highest BCUT2D eigenvalue weighted by atomic mass is 35.5. The highest BCUT2D eigenvalue weighted by Gasteiger charge is 2.25. The Morgan fingerprint density at radius 2 is 2.09 bits per heavy atom.